The fourth-order valence-corrected chi connectivity index (χ4v) is 4.18. The summed E-state index contributed by atoms with van der Waals surface area (Å²) < 4.78 is 0. The highest BCUT2D eigenvalue weighted by atomic mass is 16.2. The van der Waals surface area contributed by atoms with Gasteiger partial charge in [0.15, 0.2) is 0 Å². The van der Waals surface area contributed by atoms with Crippen LogP contribution in [0.15, 0.2) is 18.2 Å². The number of aryl methyl sites for hydroxylation is 1. The Bertz CT molecular complexity index is 554. The Morgan fingerprint density at radius 2 is 2.00 bits per heavy atom. The molecule has 3 heteroatoms. The van der Waals surface area contributed by atoms with Gasteiger partial charge < -0.3 is 10.6 Å². The summed E-state index contributed by atoms with van der Waals surface area (Å²) in [6, 6.07) is 6.95. The molecule has 2 aliphatic rings. The first-order valence-corrected chi connectivity index (χ1v) is 8.70. The van der Waals surface area contributed by atoms with Crippen molar-refractivity contribution in [2.75, 3.05) is 6.54 Å². The predicted octanol–water partition coefficient (Wildman–Crippen LogP) is 3.48. The summed E-state index contributed by atoms with van der Waals surface area (Å²) in [5.41, 5.74) is 10.1. The quantitative estimate of drug-likeness (QED) is 0.909. The molecule has 1 heterocycles. The molecule has 0 radical (unpaired) electrons. The van der Waals surface area contributed by atoms with Crippen molar-refractivity contribution in [2.24, 2.45) is 11.7 Å². The van der Waals surface area contributed by atoms with Gasteiger partial charge in [0.1, 0.15) is 0 Å². The zero-order chi connectivity index (χ0) is 15.7. The molecule has 0 bridgehead atoms. The second kappa shape index (κ2) is 6.41. The average molecular weight is 300 g/mol. The van der Waals surface area contributed by atoms with Crippen molar-refractivity contribution in [3.63, 3.8) is 0 Å². The number of likely N-dealkylation sites (tertiary alicyclic amines) is 1. The average Bonchev–Trinajstić information content (AvgIpc) is 2.98. The van der Waals surface area contributed by atoms with Crippen molar-refractivity contribution in [2.45, 2.75) is 64.5 Å². The molecule has 1 saturated heterocycles. The molecule has 1 aromatic carbocycles. The zero-order valence-corrected chi connectivity index (χ0v) is 13.8. The van der Waals surface area contributed by atoms with E-state index in [1.807, 2.05) is 0 Å². The number of nitrogens with zero attached hydrogens (tertiary/aromatic N) is 1. The van der Waals surface area contributed by atoms with Gasteiger partial charge in [0, 0.05) is 18.5 Å². The van der Waals surface area contributed by atoms with Crippen molar-refractivity contribution in [3.8, 4) is 0 Å². The van der Waals surface area contributed by atoms with Crippen LogP contribution >= 0.6 is 0 Å². The molecule has 1 aliphatic carbocycles. The molecule has 2 N–H and O–H groups in total. The Morgan fingerprint density at radius 1 is 1.18 bits per heavy atom. The molecule has 1 aliphatic heterocycles. The minimum absolute atomic E-state index is 0.148. The van der Waals surface area contributed by atoms with E-state index in [-0.39, 0.29) is 18.0 Å². The smallest absolute Gasteiger partial charge is 0.226 e. The minimum atomic E-state index is 0.148. The minimum Gasteiger partial charge on any atom is -0.335 e. The molecule has 3 nitrogen and oxygen atoms in total. The molecule has 3 rings (SSSR count). The third kappa shape index (κ3) is 2.91. The lowest BCUT2D eigenvalue weighted by Gasteiger charge is -2.33. The number of nitrogens with two attached hydrogens (primary N) is 1. The van der Waals surface area contributed by atoms with E-state index in [0.717, 1.165) is 45.1 Å². The highest BCUT2D eigenvalue weighted by Crippen LogP contribution is 2.37. The molecule has 2 fully saturated rings. The van der Waals surface area contributed by atoms with Crippen LogP contribution in [0.1, 0.15) is 61.3 Å². The Morgan fingerprint density at radius 3 is 2.77 bits per heavy atom. The molecule has 0 aromatic heterocycles. The lowest BCUT2D eigenvalue weighted by molar-refractivity contribution is -0.137. The first-order valence-electron chi connectivity index (χ1n) is 8.70. The zero-order valence-electron chi connectivity index (χ0n) is 13.8. The molecule has 0 spiro atoms. The number of hydrogen-bond donors (Lipinski definition) is 1. The second-order valence-corrected chi connectivity index (χ2v) is 7.10. The second-order valence-electron chi connectivity index (χ2n) is 7.10. The Kier molecular flexibility index (Phi) is 4.53. The standard InChI is InChI=1S/C19H28N2O/c1-13-6-3-9-17(14(13)2)18-10-5-11-21(18)19(22)15-7-4-8-16(20)12-15/h3,6,9,15-16,18H,4-5,7-8,10-12,20H2,1-2H3/t15-,16+,18+/m1/s1. The molecular weight excluding hydrogens is 272 g/mol. The normalized spacial score (nSPS) is 28.9. The van der Waals surface area contributed by atoms with Crippen molar-refractivity contribution in [3.05, 3.63) is 34.9 Å². The SMILES string of the molecule is Cc1cccc([C@@H]2CCCN2C(=O)[C@@H]2CCC[C@H](N)C2)c1C. The monoisotopic (exact) mass is 300 g/mol. The van der Waals surface area contributed by atoms with Gasteiger partial charge in [-0.25, -0.2) is 0 Å². The number of carbonyl (C=O) groups excluding carboxylic acids is 1. The van der Waals surface area contributed by atoms with Gasteiger partial charge in [0.05, 0.1) is 6.04 Å². The number of rotatable bonds is 2. The highest BCUT2D eigenvalue weighted by molar-refractivity contribution is 5.80. The number of amides is 1. The van der Waals surface area contributed by atoms with Crippen LogP contribution in [0.4, 0.5) is 0 Å². The van der Waals surface area contributed by atoms with Gasteiger partial charge in [-0.2, -0.15) is 0 Å². The maximum absolute atomic E-state index is 13.0. The van der Waals surface area contributed by atoms with E-state index in [1.165, 1.54) is 16.7 Å². The van der Waals surface area contributed by atoms with Crippen LogP contribution in [-0.4, -0.2) is 23.4 Å². The van der Waals surface area contributed by atoms with Gasteiger partial charge in [-0.3, -0.25) is 4.79 Å². The summed E-state index contributed by atoms with van der Waals surface area (Å²) in [7, 11) is 0. The summed E-state index contributed by atoms with van der Waals surface area (Å²) in [5.74, 6) is 0.494. The fourth-order valence-electron chi connectivity index (χ4n) is 4.18. The van der Waals surface area contributed by atoms with Crippen molar-refractivity contribution in [1.29, 1.82) is 0 Å². The van der Waals surface area contributed by atoms with Crippen LogP contribution in [0.2, 0.25) is 0 Å². The third-order valence-electron chi connectivity index (χ3n) is 5.61. The third-order valence-corrected chi connectivity index (χ3v) is 5.61. The highest BCUT2D eigenvalue weighted by Gasteiger charge is 2.36. The maximum atomic E-state index is 13.0. The molecule has 22 heavy (non-hydrogen) atoms. The molecule has 3 atom stereocenters. The van der Waals surface area contributed by atoms with Crippen LogP contribution in [0.25, 0.3) is 0 Å². The lowest BCUT2D eigenvalue weighted by atomic mass is 9.85. The predicted molar refractivity (Wildman–Crippen MR) is 89.5 cm³/mol. The van der Waals surface area contributed by atoms with Crippen LogP contribution in [-0.2, 0) is 4.79 Å². The van der Waals surface area contributed by atoms with E-state index in [0.29, 0.717) is 5.91 Å². The number of benzene rings is 1. The lowest BCUT2D eigenvalue weighted by Crippen LogP contribution is -2.40. The van der Waals surface area contributed by atoms with Crippen LogP contribution < -0.4 is 5.73 Å². The summed E-state index contributed by atoms with van der Waals surface area (Å²) in [6.07, 6.45) is 6.26. The molecular formula is C19H28N2O. The van der Waals surface area contributed by atoms with E-state index in [2.05, 4.69) is 36.9 Å². The van der Waals surface area contributed by atoms with Gasteiger partial charge in [-0.1, -0.05) is 24.6 Å². The Hall–Kier alpha value is -1.35. The Balaban J connectivity index is 1.81. The fraction of sp³-hybridized carbons (Fsp3) is 0.632. The first kappa shape index (κ1) is 15.5. The summed E-state index contributed by atoms with van der Waals surface area (Å²) in [4.78, 5) is 15.1. The van der Waals surface area contributed by atoms with E-state index in [4.69, 9.17) is 5.73 Å². The van der Waals surface area contributed by atoms with E-state index < -0.39 is 0 Å². The van der Waals surface area contributed by atoms with Gasteiger partial charge in [0.25, 0.3) is 0 Å². The number of carbonyl (C=O) groups is 1. The van der Waals surface area contributed by atoms with Crippen LogP contribution in [0.5, 0.6) is 0 Å². The van der Waals surface area contributed by atoms with Gasteiger partial charge in [0.2, 0.25) is 5.91 Å². The van der Waals surface area contributed by atoms with Crippen LogP contribution in [0.3, 0.4) is 0 Å². The van der Waals surface area contributed by atoms with E-state index >= 15 is 0 Å². The maximum Gasteiger partial charge on any atom is 0.226 e. The molecule has 120 valence electrons. The number of hydrogen-bond acceptors (Lipinski definition) is 2. The topological polar surface area (TPSA) is 46.3 Å². The molecule has 1 aromatic rings. The van der Waals surface area contributed by atoms with Crippen molar-refractivity contribution in [1.82, 2.24) is 4.90 Å². The summed E-state index contributed by atoms with van der Waals surface area (Å²) in [5, 5.41) is 0. The Labute approximate surface area is 133 Å². The van der Waals surface area contributed by atoms with Crippen molar-refractivity contribution < 1.29 is 4.79 Å². The van der Waals surface area contributed by atoms with Gasteiger partial charge >= 0.3 is 0 Å². The van der Waals surface area contributed by atoms with E-state index in [9.17, 15) is 4.79 Å². The van der Waals surface area contributed by atoms with Gasteiger partial charge in [-0.05, 0) is 62.6 Å². The summed E-state index contributed by atoms with van der Waals surface area (Å²) >= 11 is 0. The first-order chi connectivity index (χ1) is 10.6. The molecule has 0 unspecified atom stereocenters. The summed E-state index contributed by atoms with van der Waals surface area (Å²) in [6.45, 7) is 5.24. The van der Waals surface area contributed by atoms with Gasteiger partial charge in [-0.15, -0.1) is 0 Å². The van der Waals surface area contributed by atoms with Crippen molar-refractivity contribution >= 4 is 5.91 Å². The van der Waals surface area contributed by atoms with E-state index in [1.54, 1.807) is 0 Å². The largest absolute Gasteiger partial charge is 0.335 e. The molecule has 1 amide bonds. The molecule has 1 saturated carbocycles. The van der Waals surface area contributed by atoms with Crippen LogP contribution in [0, 0.1) is 19.8 Å².